The van der Waals surface area contributed by atoms with E-state index in [0.717, 1.165) is 6.07 Å². The van der Waals surface area contributed by atoms with Crippen LogP contribution in [-0.2, 0) is 0 Å². The van der Waals surface area contributed by atoms with Crippen LogP contribution in [0.4, 0.5) is 0 Å². The van der Waals surface area contributed by atoms with Crippen molar-refractivity contribution in [3.8, 4) is 23.0 Å². The minimum atomic E-state index is -1.35. The third-order valence-electron chi connectivity index (χ3n) is 3.72. The number of carbonyl (C=O) groups excluding carboxylic acids is 1. The first-order chi connectivity index (χ1) is 11.4. The van der Waals surface area contributed by atoms with Crippen molar-refractivity contribution < 1.29 is 35.1 Å². The van der Waals surface area contributed by atoms with Crippen LogP contribution in [0.15, 0.2) is 36.4 Å². The molecule has 0 saturated heterocycles. The summed E-state index contributed by atoms with van der Waals surface area (Å²) in [4.78, 5) is 12.6. The lowest BCUT2D eigenvalue weighted by atomic mass is 9.88. The number of rotatable bonds is 6. The summed E-state index contributed by atoms with van der Waals surface area (Å²) in [6.45, 7) is -0.711. The zero-order valence-electron chi connectivity index (χ0n) is 12.9. The number of hydrogen-bond acceptors (Lipinski definition) is 7. The molecule has 0 amide bonds. The Morgan fingerprint density at radius 1 is 1.12 bits per heavy atom. The number of aromatic hydroxyl groups is 3. The van der Waals surface area contributed by atoms with Gasteiger partial charge >= 0.3 is 0 Å². The van der Waals surface area contributed by atoms with E-state index < -0.39 is 47.2 Å². The number of phenolic OH excluding ortho intramolecular Hbond substituents is 3. The van der Waals surface area contributed by atoms with Gasteiger partial charge in [0.1, 0.15) is 11.3 Å². The topological polar surface area (TPSA) is 127 Å². The molecule has 2 aromatic rings. The lowest BCUT2D eigenvalue weighted by molar-refractivity contribution is 0.0499. The van der Waals surface area contributed by atoms with Crippen molar-refractivity contribution in [1.29, 1.82) is 0 Å². The van der Waals surface area contributed by atoms with E-state index in [1.54, 1.807) is 30.3 Å². The molecule has 2 atom stereocenters. The van der Waals surface area contributed by atoms with E-state index in [1.807, 2.05) is 0 Å². The van der Waals surface area contributed by atoms with E-state index in [0.29, 0.717) is 5.56 Å². The molecule has 2 unspecified atom stereocenters. The fourth-order valence-corrected chi connectivity index (χ4v) is 2.46. The molecular formula is C17H18O7. The molecule has 2 rings (SSSR count). The highest BCUT2D eigenvalue weighted by atomic mass is 16.5. The summed E-state index contributed by atoms with van der Waals surface area (Å²) in [5.74, 6) is -4.59. The number of benzene rings is 2. The van der Waals surface area contributed by atoms with Crippen molar-refractivity contribution in [3.63, 3.8) is 0 Å². The number of Topliss-reactive ketones (excluding diaryl/α,β-unsaturated/α-hetero) is 1. The van der Waals surface area contributed by atoms with Crippen molar-refractivity contribution in [3.05, 3.63) is 47.5 Å². The second kappa shape index (κ2) is 7.20. The maximum absolute atomic E-state index is 12.6. The molecule has 24 heavy (non-hydrogen) atoms. The molecule has 0 saturated carbocycles. The first kappa shape index (κ1) is 17.6. The van der Waals surface area contributed by atoms with E-state index >= 15 is 0 Å². The van der Waals surface area contributed by atoms with E-state index in [-0.39, 0.29) is 5.75 Å². The third kappa shape index (κ3) is 3.12. The van der Waals surface area contributed by atoms with Gasteiger partial charge in [0.25, 0.3) is 0 Å². The number of hydrogen-bond donors (Lipinski definition) is 5. The molecule has 0 spiro atoms. The molecule has 0 bridgehead atoms. The number of aliphatic hydroxyl groups is 2. The fourth-order valence-electron chi connectivity index (χ4n) is 2.46. The number of ketones is 1. The summed E-state index contributed by atoms with van der Waals surface area (Å²) >= 11 is 0. The number of carbonyl (C=O) groups is 1. The third-order valence-corrected chi connectivity index (χ3v) is 3.72. The highest BCUT2D eigenvalue weighted by molar-refractivity contribution is 6.04. The van der Waals surface area contributed by atoms with Crippen LogP contribution in [0, 0.1) is 5.92 Å². The first-order valence-electron chi connectivity index (χ1n) is 7.12. The van der Waals surface area contributed by atoms with Crippen molar-refractivity contribution in [2.24, 2.45) is 5.92 Å². The van der Waals surface area contributed by atoms with Crippen LogP contribution in [0.1, 0.15) is 22.0 Å². The zero-order chi connectivity index (χ0) is 17.9. The van der Waals surface area contributed by atoms with Gasteiger partial charge in [-0.15, -0.1) is 0 Å². The number of ether oxygens (including phenoxy) is 1. The van der Waals surface area contributed by atoms with E-state index in [9.17, 15) is 30.3 Å². The lowest BCUT2D eigenvalue weighted by Gasteiger charge is -2.21. The largest absolute Gasteiger partial charge is 0.507 e. The predicted octanol–water partition coefficient (Wildman–Crippen LogP) is 1.34. The summed E-state index contributed by atoms with van der Waals surface area (Å²) in [7, 11) is 1.17. The van der Waals surface area contributed by atoms with Crippen LogP contribution in [0.2, 0.25) is 0 Å². The molecule has 7 heteroatoms. The molecular weight excluding hydrogens is 316 g/mol. The monoisotopic (exact) mass is 334 g/mol. The summed E-state index contributed by atoms with van der Waals surface area (Å²) in [5, 5.41) is 49.5. The number of aliphatic hydroxyl groups excluding tert-OH is 2. The minimum Gasteiger partial charge on any atom is -0.507 e. The molecule has 2 aromatic carbocycles. The molecule has 0 fully saturated rings. The Morgan fingerprint density at radius 3 is 2.29 bits per heavy atom. The SMILES string of the molecule is COc1c(O)cc(O)c(C(=O)C(CO)C(O)c2ccccc2)c1O. The minimum absolute atomic E-state index is 0.387. The predicted molar refractivity (Wildman–Crippen MR) is 84.3 cm³/mol. The summed E-state index contributed by atoms with van der Waals surface area (Å²) in [6, 6.07) is 9.06. The Balaban J connectivity index is 2.46. The number of methoxy groups -OCH3 is 1. The molecule has 7 nitrogen and oxygen atoms in total. The van der Waals surface area contributed by atoms with E-state index in [1.165, 1.54) is 7.11 Å². The number of phenols is 3. The van der Waals surface area contributed by atoms with Crippen LogP contribution >= 0.6 is 0 Å². The van der Waals surface area contributed by atoms with Crippen LogP contribution in [0.25, 0.3) is 0 Å². The Morgan fingerprint density at radius 2 is 1.75 bits per heavy atom. The molecule has 0 aliphatic carbocycles. The van der Waals surface area contributed by atoms with Gasteiger partial charge in [0.2, 0.25) is 5.75 Å². The van der Waals surface area contributed by atoms with Crippen molar-refractivity contribution in [1.82, 2.24) is 0 Å². The van der Waals surface area contributed by atoms with Crippen molar-refractivity contribution >= 4 is 5.78 Å². The fraction of sp³-hybridized carbons (Fsp3) is 0.235. The standard InChI is InChI=1S/C17H18O7/c1-24-17-12(20)7-11(19)13(16(17)23)15(22)10(8-18)14(21)9-5-3-2-4-6-9/h2-7,10,14,18-21,23H,8H2,1H3. The maximum atomic E-state index is 12.6. The van der Waals surface area contributed by atoms with Gasteiger partial charge in [-0.05, 0) is 5.56 Å². The highest BCUT2D eigenvalue weighted by Gasteiger charge is 2.33. The molecule has 0 aliphatic heterocycles. The second-order valence-electron chi connectivity index (χ2n) is 5.18. The average molecular weight is 334 g/mol. The smallest absolute Gasteiger partial charge is 0.203 e. The Bertz CT molecular complexity index is 727. The summed E-state index contributed by atoms with van der Waals surface area (Å²) in [5.41, 5.74) is -0.145. The molecule has 0 heterocycles. The first-order valence-corrected chi connectivity index (χ1v) is 7.12. The summed E-state index contributed by atoms with van der Waals surface area (Å²) < 4.78 is 4.79. The molecule has 0 aromatic heterocycles. The van der Waals surface area contributed by atoms with Crippen molar-refractivity contribution in [2.75, 3.05) is 13.7 Å². The van der Waals surface area contributed by atoms with E-state index in [2.05, 4.69) is 0 Å². The van der Waals surface area contributed by atoms with Crippen LogP contribution < -0.4 is 4.74 Å². The molecule has 0 aliphatic rings. The van der Waals surface area contributed by atoms with Gasteiger partial charge in [-0.1, -0.05) is 30.3 Å². The van der Waals surface area contributed by atoms with Gasteiger partial charge < -0.3 is 30.3 Å². The van der Waals surface area contributed by atoms with Gasteiger partial charge in [-0.25, -0.2) is 0 Å². The van der Waals surface area contributed by atoms with E-state index in [4.69, 9.17) is 4.74 Å². The molecule has 0 radical (unpaired) electrons. The second-order valence-corrected chi connectivity index (χ2v) is 5.18. The maximum Gasteiger partial charge on any atom is 0.203 e. The molecule has 5 N–H and O–H groups in total. The zero-order valence-corrected chi connectivity index (χ0v) is 12.9. The van der Waals surface area contributed by atoms with Crippen molar-refractivity contribution in [2.45, 2.75) is 6.10 Å². The highest BCUT2D eigenvalue weighted by Crippen LogP contribution is 2.45. The van der Waals surface area contributed by atoms with Gasteiger partial charge in [-0.2, -0.15) is 0 Å². The Kier molecular flexibility index (Phi) is 5.28. The van der Waals surface area contributed by atoms with Gasteiger partial charge in [0.15, 0.2) is 17.3 Å². The van der Waals surface area contributed by atoms with Gasteiger partial charge in [0.05, 0.1) is 25.7 Å². The van der Waals surface area contributed by atoms with Gasteiger partial charge in [0, 0.05) is 6.07 Å². The molecule has 128 valence electrons. The van der Waals surface area contributed by atoms with Crippen LogP contribution in [0.3, 0.4) is 0 Å². The lowest BCUT2D eigenvalue weighted by Crippen LogP contribution is -2.26. The van der Waals surface area contributed by atoms with Gasteiger partial charge in [-0.3, -0.25) is 4.79 Å². The van der Waals surface area contributed by atoms with Crippen LogP contribution in [-0.4, -0.2) is 45.0 Å². The summed E-state index contributed by atoms with van der Waals surface area (Å²) in [6.07, 6.45) is -1.35. The van der Waals surface area contributed by atoms with Crippen LogP contribution in [0.5, 0.6) is 23.0 Å². The Labute approximate surface area is 138 Å². The quantitative estimate of drug-likeness (QED) is 0.504. The average Bonchev–Trinajstić information content (AvgIpc) is 2.56. The Hall–Kier alpha value is -2.77. The normalized spacial score (nSPS) is 13.3.